The van der Waals surface area contributed by atoms with Crippen LogP contribution in [0.2, 0.25) is 0 Å². The first kappa shape index (κ1) is 38.3. The normalized spacial score (nSPS) is 12.7. The molecule has 276 valence electrons. The number of terminal acetylenes is 1. The van der Waals surface area contributed by atoms with E-state index in [4.69, 9.17) is 30.1 Å². The van der Waals surface area contributed by atoms with E-state index >= 15 is 0 Å². The number of nitrogens with one attached hydrogen (secondary N) is 2. The first-order chi connectivity index (χ1) is 26.0. The number of aromatic nitrogens is 5. The minimum absolute atomic E-state index is 0.104. The van der Waals surface area contributed by atoms with Crippen LogP contribution in [0.1, 0.15) is 39.4 Å². The van der Waals surface area contributed by atoms with Gasteiger partial charge in [-0.25, -0.2) is 9.97 Å². The summed E-state index contributed by atoms with van der Waals surface area (Å²) in [5.74, 6) is 0.882. The Kier molecular flexibility index (Phi) is 14.2. The smallest absolute Gasteiger partial charge is 0.295 e. The van der Waals surface area contributed by atoms with Gasteiger partial charge in [-0.3, -0.25) is 14.4 Å². The fourth-order valence-corrected chi connectivity index (χ4v) is 5.63. The van der Waals surface area contributed by atoms with Crippen LogP contribution in [0.4, 0.5) is 0 Å². The van der Waals surface area contributed by atoms with Gasteiger partial charge in [-0.15, -0.1) is 11.5 Å². The number of fused-ring (bicyclic) bond motifs is 1. The number of ether oxygens (including phenoxy) is 5. The van der Waals surface area contributed by atoms with Crippen LogP contribution in [-0.4, -0.2) is 127 Å². The van der Waals surface area contributed by atoms with E-state index < -0.39 is 17.6 Å². The minimum atomic E-state index is -0.720. The average Bonchev–Trinajstić information content (AvgIpc) is 3.87. The molecule has 1 aliphatic heterocycles. The topological polar surface area (TPSA) is 196 Å². The summed E-state index contributed by atoms with van der Waals surface area (Å²) in [6.07, 6.45) is 10.2. The van der Waals surface area contributed by atoms with Crippen molar-refractivity contribution >= 4 is 34.1 Å². The standard InChI is InChI=1S/C37H40N8O8/c1-3-14-50-16-18-52-20-21-53-19-17-51-15-11-39-36(47)34-42-25-45(43-34)35-32-31(30(49-2)24-41-35)29(23-40-32)33(46)37(48)44-12-9-27(10-13-44)28(22-38)26-7-5-4-6-8-26/h1,4-8,23-25,40H,9-21H2,2H3,(H,39,47). The van der Waals surface area contributed by atoms with Gasteiger partial charge in [0.25, 0.3) is 17.6 Å². The van der Waals surface area contributed by atoms with Crippen LogP contribution in [0.5, 0.6) is 5.75 Å². The van der Waals surface area contributed by atoms with E-state index in [-0.39, 0.29) is 42.7 Å². The maximum Gasteiger partial charge on any atom is 0.295 e. The number of nitriles is 1. The van der Waals surface area contributed by atoms with E-state index in [9.17, 15) is 19.6 Å². The van der Waals surface area contributed by atoms with Crippen LogP contribution in [0, 0.1) is 23.7 Å². The molecule has 2 amide bonds. The van der Waals surface area contributed by atoms with Crippen molar-refractivity contribution in [3.8, 4) is 30.0 Å². The molecule has 0 spiro atoms. The molecule has 16 heteroatoms. The number of aromatic amines is 1. The number of likely N-dealkylation sites (tertiary alicyclic amines) is 1. The Morgan fingerprint density at radius 3 is 2.30 bits per heavy atom. The van der Waals surface area contributed by atoms with E-state index in [0.717, 1.165) is 11.1 Å². The number of methoxy groups -OCH3 is 1. The summed E-state index contributed by atoms with van der Waals surface area (Å²) in [6, 6.07) is 11.7. The number of hydrogen-bond donors (Lipinski definition) is 2. The van der Waals surface area contributed by atoms with Crippen molar-refractivity contribution in [3.63, 3.8) is 0 Å². The highest BCUT2D eigenvalue weighted by atomic mass is 16.6. The second-order valence-corrected chi connectivity index (χ2v) is 11.5. The molecule has 1 aliphatic rings. The molecule has 0 bridgehead atoms. The quantitative estimate of drug-likeness (QED) is 0.0472. The van der Waals surface area contributed by atoms with E-state index in [1.807, 2.05) is 30.3 Å². The maximum atomic E-state index is 13.6. The molecular weight excluding hydrogens is 684 g/mol. The molecule has 53 heavy (non-hydrogen) atoms. The number of amides is 2. The lowest BCUT2D eigenvalue weighted by Gasteiger charge is -2.28. The number of hydrogen-bond acceptors (Lipinski definition) is 12. The zero-order chi connectivity index (χ0) is 37.4. The average molecular weight is 725 g/mol. The number of carbonyl (C=O) groups excluding carboxylic acids is 3. The minimum Gasteiger partial charge on any atom is -0.494 e. The van der Waals surface area contributed by atoms with Crippen LogP contribution >= 0.6 is 0 Å². The van der Waals surface area contributed by atoms with Gasteiger partial charge in [0.15, 0.2) is 5.82 Å². The van der Waals surface area contributed by atoms with Gasteiger partial charge < -0.3 is 38.9 Å². The Labute approximate surface area is 306 Å². The summed E-state index contributed by atoms with van der Waals surface area (Å²) in [6.45, 7) is 3.75. The first-order valence-electron chi connectivity index (χ1n) is 17.0. The molecule has 0 atom stereocenters. The molecule has 0 saturated carbocycles. The SMILES string of the molecule is C#CCOCCOCCOCCOCCNC(=O)c1ncn(-c2ncc(OC)c3c(C(=O)C(=O)N4CCC(=C(C#N)c5ccccc5)CC4)c[nH]c23)n1. The lowest BCUT2D eigenvalue weighted by atomic mass is 9.93. The number of piperidine rings is 1. The molecule has 16 nitrogen and oxygen atoms in total. The van der Waals surface area contributed by atoms with Gasteiger partial charge in [0.2, 0.25) is 5.82 Å². The lowest BCUT2D eigenvalue weighted by molar-refractivity contribution is -0.126. The number of nitrogens with zero attached hydrogens (tertiary/aromatic N) is 6. The Morgan fingerprint density at radius 1 is 0.962 bits per heavy atom. The number of benzene rings is 1. The third-order valence-electron chi connectivity index (χ3n) is 8.24. The van der Waals surface area contributed by atoms with Gasteiger partial charge in [-0.2, -0.15) is 9.94 Å². The number of Topliss-reactive ketones (excluding diaryl/α,β-unsaturated/α-hetero) is 1. The van der Waals surface area contributed by atoms with Crippen LogP contribution in [0.3, 0.4) is 0 Å². The predicted molar refractivity (Wildman–Crippen MR) is 191 cm³/mol. The van der Waals surface area contributed by atoms with Crippen molar-refractivity contribution in [2.45, 2.75) is 12.8 Å². The van der Waals surface area contributed by atoms with E-state index in [1.54, 1.807) is 0 Å². The molecule has 0 unspecified atom stereocenters. The summed E-state index contributed by atoms with van der Waals surface area (Å²) in [4.78, 5) is 52.9. The second-order valence-electron chi connectivity index (χ2n) is 11.5. The van der Waals surface area contributed by atoms with Crippen LogP contribution in [-0.2, 0) is 23.7 Å². The zero-order valence-corrected chi connectivity index (χ0v) is 29.3. The largest absolute Gasteiger partial charge is 0.494 e. The van der Waals surface area contributed by atoms with E-state index in [2.05, 4.69) is 37.4 Å². The molecule has 3 aromatic heterocycles. The summed E-state index contributed by atoms with van der Waals surface area (Å²) < 4.78 is 28.2. The van der Waals surface area contributed by atoms with Crippen LogP contribution < -0.4 is 10.1 Å². The highest BCUT2D eigenvalue weighted by Gasteiger charge is 2.30. The van der Waals surface area contributed by atoms with Gasteiger partial charge in [-0.1, -0.05) is 36.3 Å². The van der Waals surface area contributed by atoms with Crippen molar-refractivity contribution < 1.29 is 38.1 Å². The maximum absolute atomic E-state index is 13.6. The lowest BCUT2D eigenvalue weighted by Crippen LogP contribution is -2.40. The Balaban J connectivity index is 1.13. The van der Waals surface area contributed by atoms with Gasteiger partial charge in [0, 0.05) is 25.8 Å². The summed E-state index contributed by atoms with van der Waals surface area (Å²) in [5.41, 5.74) is 2.85. The van der Waals surface area contributed by atoms with E-state index in [0.29, 0.717) is 82.0 Å². The monoisotopic (exact) mass is 724 g/mol. The predicted octanol–water partition coefficient (Wildman–Crippen LogP) is 2.36. The van der Waals surface area contributed by atoms with Crippen LogP contribution in [0.25, 0.3) is 22.3 Å². The number of pyridine rings is 1. The number of H-pyrrole nitrogens is 1. The molecule has 4 aromatic rings. The van der Waals surface area contributed by atoms with Gasteiger partial charge in [0.05, 0.1) is 87.7 Å². The summed E-state index contributed by atoms with van der Waals surface area (Å²) in [7, 11) is 1.43. The molecule has 4 heterocycles. The molecule has 0 radical (unpaired) electrons. The molecule has 2 N–H and O–H groups in total. The first-order valence-corrected chi connectivity index (χ1v) is 17.0. The van der Waals surface area contributed by atoms with Crippen molar-refractivity contribution in [1.82, 2.24) is 34.9 Å². The number of rotatable bonds is 19. The number of allylic oxidation sites excluding steroid dienone is 1. The Morgan fingerprint density at radius 2 is 1.64 bits per heavy atom. The molecule has 1 fully saturated rings. The number of ketones is 1. The van der Waals surface area contributed by atoms with Crippen molar-refractivity contribution in [3.05, 3.63) is 71.6 Å². The van der Waals surface area contributed by atoms with Gasteiger partial charge in [0.1, 0.15) is 18.7 Å². The molecule has 5 rings (SSSR count). The fraction of sp³-hybridized carbons (Fsp3) is 0.378. The van der Waals surface area contributed by atoms with Gasteiger partial charge >= 0.3 is 0 Å². The van der Waals surface area contributed by atoms with Crippen molar-refractivity contribution in [1.29, 1.82) is 5.26 Å². The van der Waals surface area contributed by atoms with Crippen LogP contribution in [0.15, 0.2) is 54.6 Å². The molecule has 1 aromatic carbocycles. The van der Waals surface area contributed by atoms with Crippen molar-refractivity contribution in [2.24, 2.45) is 0 Å². The van der Waals surface area contributed by atoms with Crippen molar-refractivity contribution in [2.75, 3.05) is 79.6 Å². The summed E-state index contributed by atoms with van der Waals surface area (Å²) >= 11 is 0. The molecule has 1 saturated heterocycles. The summed E-state index contributed by atoms with van der Waals surface area (Å²) in [5, 5.41) is 17.1. The third-order valence-corrected chi connectivity index (χ3v) is 8.24. The highest BCUT2D eigenvalue weighted by Crippen LogP contribution is 2.32. The highest BCUT2D eigenvalue weighted by molar-refractivity contribution is 6.45. The Bertz CT molecular complexity index is 1980. The zero-order valence-electron chi connectivity index (χ0n) is 29.3. The third kappa shape index (κ3) is 9.91. The Hall–Kier alpha value is -5.91. The second kappa shape index (κ2) is 19.6. The molecular formula is C37H40N8O8. The van der Waals surface area contributed by atoms with E-state index in [1.165, 1.54) is 35.4 Å². The number of carbonyl (C=O) groups is 3. The molecule has 0 aliphatic carbocycles. The van der Waals surface area contributed by atoms with Gasteiger partial charge in [-0.05, 0) is 24.0 Å². The fourth-order valence-electron chi connectivity index (χ4n) is 5.63.